The molecule has 1 N–H and O–H groups in total. The highest BCUT2D eigenvalue weighted by Gasteiger charge is 2.02. The van der Waals surface area contributed by atoms with Crippen LogP contribution in [0.2, 0.25) is 0 Å². The largest absolute Gasteiger partial charge is 0.508 e. The van der Waals surface area contributed by atoms with Gasteiger partial charge in [-0.3, -0.25) is 0 Å². The quantitative estimate of drug-likeness (QED) is 0.730. The molecule has 0 spiro atoms. The monoisotopic (exact) mass is 186 g/mol. The van der Waals surface area contributed by atoms with E-state index in [9.17, 15) is 5.11 Å². The Balaban J connectivity index is 2.73. The van der Waals surface area contributed by atoms with Crippen molar-refractivity contribution in [3.8, 4) is 11.5 Å². The first kappa shape index (κ1) is 8.63. The van der Waals surface area contributed by atoms with Crippen LogP contribution in [0.4, 0.5) is 0 Å². The summed E-state index contributed by atoms with van der Waals surface area (Å²) in [4.78, 5) is 0. The van der Waals surface area contributed by atoms with Gasteiger partial charge in [0.15, 0.2) is 0 Å². The van der Waals surface area contributed by atoms with Crippen LogP contribution < -0.4 is 4.74 Å². The van der Waals surface area contributed by atoms with Crippen LogP contribution in [0.3, 0.4) is 0 Å². The highest BCUT2D eigenvalue weighted by atomic mass is 16.5. The van der Waals surface area contributed by atoms with E-state index in [1.165, 1.54) is 6.26 Å². The Bertz CT molecular complexity index is 475. The molecule has 0 heterocycles. The molecule has 0 bridgehead atoms. The first-order chi connectivity index (χ1) is 6.81. The second-order valence-electron chi connectivity index (χ2n) is 2.95. The molecule has 0 amide bonds. The molecule has 0 saturated carbocycles. The maximum Gasteiger partial charge on any atom is 0.137 e. The van der Waals surface area contributed by atoms with Gasteiger partial charge in [-0.15, -0.1) is 0 Å². The average molecular weight is 186 g/mol. The van der Waals surface area contributed by atoms with E-state index in [1.54, 1.807) is 12.1 Å². The van der Waals surface area contributed by atoms with Gasteiger partial charge in [0.2, 0.25) is 0 Å². The van der Waals surface area contributed by atoms with Crippen molar-refractivity contribution >= 4 is 10.8 Å². The minimum absolute atomic E-state index is 0.195. The number of hydrogen-bond donors (Lipinski definition) is 1. The first-order valence-corrected chi connectivity index (χ1v) is 4.30. The lowest BCUT2D eigenvalue weighted by Gasteiger charge is -2.05. The Morgan fingerprint density at radius 3 is 2.79 bits per heavy atom. The van der Waals surface area contributed by atoms with Gasteiger partial charge in [-0.1, -0.05) is 30.8 Å². The molecule has 0 fully saturated rings. The number of benzene rings is 2. The maximum atomic E-state index is 9.42. The Morgan fingerprint density at radius 2 is 2.00 bits per heavy atom. The van der Waals surface area contributed by atoms with Crippen LogP contribution in [-0.4, -0.2) is 5.11 Å². The summed E-state index contributed by atoms with van der Waals surface area (Å²) in [5.41, 5.74) is 0. The summed E-state index contributed by atoms with van der Waals surface area (Å²) in [6.07, 6.45) is 1.35. The number of hydrogen-bond acceptors (Lipinski definition) is 2. The molecular formula is C12H10O2. The maximum absolute atomic E-state index is 9.42. The standard InChI is InChI=1S/C12H10O2/c1-2-14-12-8-10(13)7-9-5-3-4-6-11(9)12/h2-8,13H,1H2. The topological polar surface area (TPSA) is 29.5 Å². The van der Waals surface area contributed by atoms with E-state index in [-0.39, 0.29) is 5.75 Å². The van der Waals surface area contributed by atoms with Crippen LogP contribution in [0.5, 0.6) is 11.5 Å². The smallest absolute Gasteiger partial charge is 0.137 e. The zero-order valence-electron chi connectivity index (χ0n) is 7.60. The summed E-state index contributed by atoms with van der Waals surface area (Å²) < 4.78 is 5.20. The van der Waals surface area contributed by atoms with Crippen molar-refractivity contribution in [3.63, 3.8) is 0 Å². The van der Waals surface area contributed by atoms with Gasteiger partial charge in [-0.05, 0) is 11.5 Å². The van der Waals surface area contributed by atoms with Crippen LogP contribution >= 0.6 is 0 Å². The van der Waals surface area contributed by atoms with E-state index in [0.29, 0.717) is 5.75 Å². The van der Waals surface area contributed by atoms with Gasteiger partial charge in [0.1, 0.15) is 11.5 Å². The minimum atomic E-state index is 0.195. The molecule has 70 valence electrons. The Kier molecular flexibility index (Phi) is 2.11. The van der Waals surface area contributed by atoms with Gasteiger partial charge in [-0.2, -0.15) is 0 Å². The lowest BCUT2D eigenvalue weighted by molar-refractivity contribution is 0.459. The molecule has 0 aliphatic carbocycles. The molecule has 0 aromatic heterocycles. The van der Waals surface area contributed by atoms with Crippen molar-refractivity contribution < 1.29 is 9.84 Å². The molecule has 2 heteroatoms. The predicted octanol–water partition coefficient (Wildman–Crippen LogP) is 3.07. The van der Waals surface area contributed by atoms with Gasteiger partial charge in [0, 0.05) is 11.5 Å². The van der Waals surface area contributed by atoms with Gasteiger partial charge >= 0.3 is 0 Å². The number of rotatable bonds is 2. The fourth-order valence-corrected chi connectivity index (χ4v) is 1.45. The molecule has 2 rings (SSSR count). The van der Waals surface area contributed by atoms with Crippen molar-refractivity contribution in [2.24, 2.45) is 0 Å². The SMILES string of the molecule is C=COc1cc(O)cc2ccccc12. The lowest BCUT2D eigenvalue weighted by atomic mass is 10.1. The van der Waals surface area contributed by atoms with Crippen molar-refractivity contribution in [1.29, 1.82) is 0 Å². The third kappa shape index (κ3) is 1.42. The van der Waals surface area contributed by atoms with E-state index in [1.807, 2.05) is 24.3 Å². The predicted molar refractivity (Wildman–Crippen MR) is 56.4 cm³/mol. The zero-order valence-corrected chi connectivity index (χ0v) is 7.60. The number of fused-ring (bicyclic) bond motifs is 1. The van der Waals surface area contributed by atoms with Crippen molar-refractivity contribution in [2.75, 3.05) is 0 Å². The molecule has 2 aromatic carbocycles. The molecule has 14 heavy (non-hydrogen) atoms. The summed E-state index contributed by atoms with van der Waals surface area (Å²) in [5, 5.41) is 11.3. The van der Waals surface area contributed by atoms with Gasteiger partial charge < -0.3 is 9.84 Å². The first-order valence-electron chi connectivity index (χ1n) is 4.30. The van der Waals surface area contributed by atoms with Crippen LogP contribution in [0.15, 0.2) is 49.2 Å². The second kappa shape index (κ2) is 3.42. The molecule has 0 unspecified atom stereocenters. The second-order valence-corrected chi connectivity index (χ2v) is 2.95. The Morgan fingerprint density at radius 1 is 1.21 bits per heavy atom. The molecule has 0 radical (unpaired) electrons. The zero-order chi connectivity index (χ0) is 9.97. The fraction of sp³-hybridized carbons (Fsp3) is 0. The van der Waals surface area contributed by atoms with E-state index in [4.69, 9.17) is 4.74 Å². The number of ether oxygens (including phenoxy) is 1. The van der Waals surface area contributed by atoms with E-state index in [0.717, 1.165) is 10.8 Å². The fourth-order valence-electron chi connectivity index (χ4n) is 1.45. The van der Waals surface area contributed by atoms with Crippen molar-refractivity contribution in [1.82, 2.24) is 0 Å². The number of aromatic hydroxyl groups is 1. The van der Waals surface area contributed by atoms with Crippen molar-refractivity contribution in [3.05, 3.63) is 49.2 Å². The molecule has 2 nitrogen and oxygen atoms in total. The van der Waals surface area contributed by atoms with Crippen molar-refractivity contribution in [2.45, 2.75) is 0 Å². The Labute approximate surface area is 82.1 Å². The minimum Gasteiger partial charge on any atom is -0.508 e. The molecule has 0 aliphatic rings. The number of phenols is 1. The van der Waals surface area contributed by atoms with Gasteiger partial charge in [-0.25, -0.2) is 0 Å². The van der Waals surface area contributed by atoms with Crippen LogP contribution in [0.25, 0.3) is 10.8 Å². The highest BCUT2D eigenvalue weighted by Crippen LogP contribution is 2.30. The summed E-state index contributed by atoms with van der Waals surface area (Å²) in [5.74, 6) is 0.816. The normalized spacial score (nSPS) is 10.0. The molecule has 0 aliphatic heterocycles. The van der Waals surface area contributed by atoms with Crippen LogP contribution in [0.1, 0.15) is 0 Å². The molecule has 0 saturated heterocycles. The lowest BCUT2D eigenvalue weighted by Crippen LogP contribution is -1.83. The highest BCUT2D eigenvalue weighted by molar-refractivity contribution is 5.89. The van der Waals surface area contributed by atoms with E-state index in [2.05, 4.69) is 6.58 Å². The molecule has 0 atom stereocenters. The summed E-state index contributed by atoms with van der Waals surface area (Å²) in [6, 6.07) is 11.0. The van der Waals surface area contributed by atoms with Crippen LogP contribution in [0, 0.1) is 0 Å². The van der Waals surface area contributed by atoms with E-state index < -0.39 is 0 Å². The van der Waals surface area contributed by atoms with Gasteiger partial charge in [0.05, 0.1) is 6.26 Å². The third-order valence-corrected chi connectivity index (χ3v) is 2.02. The van der Waals surface area contributed by atoms with E-state index >= 15 is 0 Å². The number of phenolic OH excluding ortho intramolecular Hbond substituents is 1. The average Bonchev–Trinajstić information content (AvgIpc) is 2.18. The van der Waals surface area contributed by atoms with Crippen LogP contribution in [-0.2, 0) is 0 Å². The summed E-state index contributed by atoms with van der Waals surface area (Å²) >= 11 is 0. The molecule has 2 aromatic rings. The third-order valence-electron chi connectivity index (χ3n) is 2.02. The van der Waals surface area contributed by atoms with Gasteiger partial charge in [0.25, 0.3) is 0 Å². The Hall–Kier alpha value is -1.96. The molecular weight excluding hydrogens is 176 g/mol. The summed E-state index contributed by atoms with van der Waals surface area (Å²) in [7, 11) is 0. The summed E-state index contributed by atoms with van der Waals surface area (Å²) in [6.45, 7) is 3.49.